The van der Waals surface area contributed by atoms with Crippen LogP contribution in [0.3, 0.4) is 0 Å². The smallest absolute Gasteiger partial charge is 0.491 e. The number of likely N-dealkylation sites (tertiary alicyclic amines) is 1. The monoisotopic (exact) mass is 476 g/mol. The Morgan fingerprint density at radius 2 is 1.97 bits per heavy atom. The average molecular weight is 476 g/mol. The maximum absolute atomic E-state index is 13.0. The lowest BCUT2D eigenvalue weighted by molar-refractivity contribution is -0.189. The van der Waals surface area contributed by atoms with E-state index in [-0.39, 0.29) is 23.4 Å². The summed E-state index contributed by atoms with van der Waals surface area (Å²) >= 11 is 0. The number of aromatic amines is 1. The number of carbonyl (C=O) groups is 2. The number of piperidine rings is 1. The molecular weight excluding hydrogens is 453 g/mol. The molecule has 4 rings (SSSR count). The minimum atomic E-state index is -5.20. The molecule has 1 amide bonds. The van der Waals surface area contributed by atoms with Gasteiger partial charge in [-0.3, -0.25) is 9.69 Å². The molecule has 34 heavy (non-hydrogen) atoms. The number of methoxy groups -OCH3 is 1. The van der Waals surface area contributed by atoms with Crippen molar-refractivity contribution in [2.75, 3.05) is 20.7 Å². The summed E-state index contributed by atoms with van der Waals surface area (Å²) < 4.78 is 47.6. The molecule has 1 fully saturated rings. The SMILES string of the molecule is COc1ccc(C(=O)N[C@@H]2CCN(C)[C@@H](c3nc4ccccc4[nH]3)C2)c(OC(=O)C(F)(F)F)c1. The van der Waals surface area contributed by atoms with Gasteiger partial charge in [0.15, 0.2) is 0 Å². The number of aromatic nitrogens is 2. The van der Waals surface area contributed by atoms with E-state index < -0.39 is 23.8 Å². The minimum absolute atomic E-state index is 0.0927. The van der Waals surface area contributed by atoms with Crippen molar-refractivity contribution in [3.8, 4) is 11.5 Å². The quantitative estimate of drug-likeness (QED) is 0.432. The first-order valence-corrected chi connectivity index (χ1v) is 10.6. The summed E-state index contributed by atoms with van der Waals surface area (Å²) in [6, 6.07) is 11.0. The fourth-order valence-corrected chi connectivity index (χ4v) is 3.99. The minimum Gasteiger partial charge on any atom is -0.497 e. The van der Waals surface area contributed by atoms with Gasteiger partial charge >= 0.3 is 12.1 Å². The van der Waals surface area contributed by atoms with E-state index in [2.05, 4.69) is 24.9 Å². The predicted octanol–water partition coefficient (Wildman–Crippen LogP) is 3.60. The second-order valence-corrected chi connectivity index (χ2v) is 8.08. The maximum Gasteiger partial charge on any atom is 0.491 e. The van der Waals surface area contributed by atoms with Crippen molar-refractivity contribution in [3.05, 3.63) is 53.9 Å². The predicted molar refractivity (Wildman–Crippen MR) is 117 cm³/mol. The molecule has 2 heterocycles. The molecule has 2 aromatic carbocycles. The summed E-state index contributed by atoms with van der Waals surface area (Å²) in [5.74, 6) is -2.68. The number of hydrogen-bond donors (Lipinski definition) is 2. The van der Waals surface area contributed by atoms with Gasteiger partial charge in [-0.1, -0.05) is 12.1 Å². The normalized spacial score (nSPS) is 19.1. The van der Waals surface area contributed by atoms with Gasteiger partial charge < -0.3 is 19.8 Å². The molecule has 0 saturated carbocycles. The lowest BCUT2D eigenvalue weighted by Gasteiger charge is -2.36. The third kappa shape index (κ3) is 4.98. The summed E-state index contributed by atoms with van der Waals surface area (Å²) in [5.41, 5.74) is 1.55. The van der Waals surface area contributed by atoms with Gasteiger partial charge in [0.25, 0.3) is 5.91 Å². The number of alkyl halides is 3. The Morgan fingerprint density at radius 1 is 1.21 bits per heavy atom. The maximum atomic E-state index is 13.0. The van der Waals surface area contributed by atoms with E-state index in [0.717, 1.165) is 22.9 Å². The molecular formula is C23H23F3N4O4. The first kappa shape index (κ1) is 23.6. The Balaban J connectivity index is 1.52. The number of halogens is 3. The van der Waals surface area contributed by atoms with Gasteiger partial charge in [-0.05, 0) is 44.2 Å². The van der Waals surface area contributed by atoms with Crippen LogP contribution in [0.2, 0.25) is 0 Å². The van der Waals surface area contributed by atoms with Crippen molar-refractivity contribution >= 4 is 22.9 Å². The average Bonchev–Trinajstić information content (AvgIpc) is 3.23. The van der Waals surface area contributed by atoms with E-state index in [4.69, 9.17) is 4.74 Å². The van der Waals surface area contributed by atoms with E-state index >= 15 is 0 Å². The Kier molecular flexibility index (Phi) is 6.47. The third-order valence-corrected chi connectivity index (χ3v) is 5.80. The van der Waals surface area contributed by atoms with Gasteiger partial charge in [-0.15, -0.1) is 0 Å². The number of amides is 1. The third-order valence-electron chi connectivity index (χ3n) is 5.80. The van der Waals surface area contributed by atoms with Crippen molar-refractivity contribution in [2.24, 2.45) is 0 Å². The fourth-order valence-electron chi connectivity index (χ4n) is 3.99. The van der Waals surface area contributed by atoms with Gasteiger partial charge in [-0.2, -0.15) is 13.2 Å². The van der Waals surface area contributed by atoms with Crippen molar-refractivity contribution in [1.29, 1.82) is 0 Å². The fraction of sp³-hybridized carbons (Fsp3) is 0.348. The molecule has 1 aromatic heterocycles. The molecule has 1 saturated heterocycles. The van der Waals surface area contributed by atoms with Crippen LogP contribution in [0.5, 0.6) is 11.5 Å². The van der Waals surface area contributed by atoms with E-state index in [0.29, 0.717) is 19.4 Å². The van der Waals surface area contributed by atoms with Gasteiger partial charge in [0.2, 0.25) is 0 Å². The van der Waals surface area contributed by atoms with Gasteiger partial charge in [0.1, 0.15) is 17.3 Å². The zero-order valence-electron chi connectivity index (χ0n) is 18.5. The second-order valence-electron chi connectivity index (χ2n) is 8.08. The Hall–Kier alpha value is -3.60. The van der Waals surface area contributed by atoms with Crippen molar-refractivity contribution < 1.29 is 32.2 Å². The standard InChI is InChI=1S/C23H23F3N4O4/c1-30-10-9-13(11-18(30)20-28-16-5-3-4-6-17(16)29-20)27-21(31)15-8-7-14(33-2)12-19(15)34-22(32)23(24,25)26/h3-8,12-13,18H,9-11H2,1-2H3,(H,27,31)(H,28,29)/t13-,18-/m1/s1. The molecule has 1 aliphatic rings. The molecule has 11 heteroatoms. The van der Waals surface area contributed by atoms with Gasteiger partial charge in [-0.25, -0.2) is 9.78 Å². The molecule has 0 radical (unpaired) electrons. The van der Waals surface area contributed by atoms with Crippen LogP contribution in [0.4, 0.5) is 13.2 Å². The number of imidazole rings is 1. The Bertz CT molecular complexity index is 1180. The van der Waals surface area contributed by atoms with E-state index in [1.165, 1.54) is 19.2 Å². The molecule has 0 unspecified atom stereocenters. The topological polar surface area (TPSA) is 96.6 Å². The first-order chi connectivity index (χ1) is 16.2. The molecule has 1 aliphatic heterocycles. The number of rotatable bonds is 5. The molecule has 0 spiro atoms. The zero-order valence-corrected chi connectivity index (χ0v) is 18.5. The van der Waals surface area contributed by atoms with Crippen LogP contribution < -0.4 is 14.8 Å². The van der Waals surface area contributed by atoms with Crippen LogP contribution in [-0.4, -0.2) is 59.7 Å². The molecule has 180 valence electrons. The summed E-state index contributed by atoms with van der Waals surface area (Å²) in [6.45, 7) is 0.672. The lowest BCUT2D eigenvalue weighted by atomic mass is 9.96. The first-order valence-electron chi connectivity index (χ1n) is 10.6. The lowest BCUT2D eigenvalue weighted by Crippen LogP contribution is -2.45. The highest BCUT2D eigenvalue weighted by Crippen LogP contribution is 2.31. The number of para-hydroxylation sites is 2. The van der Waals surface area contributed by atoms with Crippen LogP contribution in [-0.2, 0) is 4.79 Å². The van der Waals surface area contributed by atoms with Crippen LogP contribution in [0.1, 0.15) is 35.1 Å². The van der Waals surface area contributed by atoms with Crippen molar-refractivity contribution in [1.82, 2.24) is 20.2 Å². The van der Waals surface area contributed by atoms with E-state index in [9.17, 15) is 22.8 Å². The number of H-pyrrole nitrogens is 1. The summed E-state index contributed by atoms with van der Waals surface area (Å²) in [7, 11) is 3.27. The van der Waals surface area contributed by atoms with E-state index in [1.807, 2.05) is 31.3 Å². The summed E-state index contributed by atoms with van der Waals surface area (Å²) in [6.07, 6.45) is -4.03. The number of esters is 1. The second kappa shape index (κ2) is 9.34. The Morgan fingerprint density at radius 3 is 2.68 bits per heavy atom. The summed E-state index contributed by atoms with van der Waals surface area (Å²) in [5, 5.41) is 2.86. The van der Waals surface area contributed by atoms with Crippen molar-refractivity contribution in [2.45, 2.75) is 31.1 Å². The van der Waals surface area contributed by atoms with E-state index in [1.54, 1.807) is 0 Å². The number of carbonyl (C=O) groups excluding carboxylic acids is 2. The highest BCUT2D eigenvalue weighted by molar-refractivity contribution is 5.98. The van der Waals surface area contributed by atoms with Crippen molar-refractivity contribution in [3.63, 3.8) is 0 Å². The molecule has 3 aromatic rings. The summed E-state index contributed by atoms with van der Waals surface area (Å²) in [4.78, 5) is 34.4. The molecule has 2 N–H and O–H groups in total. The molecule has 0 aliphatic carbocycles. The molecule has 8 nitrogen and oxygen atoms in total. The number of benzene rings is 2. The highest BCUT2D eigenvalue weighted by atomic mass is 19.4. The largest absolute Gasteiger partial charge is 0.497 e. The van der Waals surface area contributed by atoms with Gasteiger partial charge in [0.05, 0.1) is 29.7 Å². The van der Waals surface area contributed by atoms with Gasteiger partial charge in [0, 0.05) is 18.7 Å². The highest BCUT2D eigenvalue weighted by Gasteiger charge is 2.42. The van der Waals surface area contributed by atoms with Crippen LogP contribution in [0.15, 0.2) is 42.5 Å². The molecule has 2 atom stereocenters. The number of fused-ring (bicyclic) bond motifs is 1. The van der Waals surface area contributed by atoms with Crippen LogP contribution >= 0.6 is 0 Å². The molecule has 0 bridgehead atoms. The van der Waals surface area contributed by atoms with Crippen LogP contribution in [0.25, 0.3) is 11.0 Å². The zero-order chi connectivity index (χ0) is 24.5. The number of nitrogens with zero attached hydrogens (tertiary/aromatic N) is 2. The number of ether oxygens (including phenoxy) is 2. The Labute approximate surface area is 193 Å². The number of hydrogen-bond acceptors (Lipinski definition) is 6. The number of nitrogens with one attached hydrogen (secondary N) is 2. The van der Waals surface area contributed by atoms with Crippen LogP contribution in [0, 0.1) is 0 Å².